The SMILES string of the molecule is CN(CC1CC1)c1ccc(F)cc1CCl. The van der Waals surface area contributed by atoms with E-state index in [1.54, 1.807) is 0 Å². The van der Waals surface area contributed by atoms with E-state index in [4.69, 9.17) is 11.6 Å². The Morgan fingerprint density at radius 3 is 2.80 bits per heavy atom. The molecule has 0 aromatic heterocycles. The van der Waals surface area contributed by atoms with Gasteiger partial charge in [0.15, 0.2) is 0 Å². The van der Waals surface area contributed by atoms with Crippen LogP contribution in [0.1, 0.15) is 18.4 Å². The molecule has 2 rings (SSSR count). The molecule has 1 aliphatic rings. The van der Waals surface area contributed by atoms with Gasteiger partial charge < -0.3 is 4.90 Å². The lowest BCUT2D eigenvalue weighted by Crippen LogP contribution is -2.21. The highest BCUT2D eigenvalue weighted by Crippen LogP contribution is 2.32. The minimum atomic E-state index is -0.214. The van der Waals surface area contributed by atoms with E-state index in [-0.39, 0.29) is 5.82 Å². The van der Waals surface area contributed by atoms with Gasteiger partial charge in [-0.25, -0.2) is 4.39 Å². The fourth-order valence-corrected chi connectivity index (χ4v) is 2.03. The van der Waals surface area contributed by atoms with Crippen LogP contribution < -0.4 is 4.90 Å². The molecule has 1 aromatic carbocycles. The van der Waals surface area contributed by atoms with Gasteiger partial charge in [0.2, 0.25) is 0 Å². The van der Waals surface area contributed by atoms with E-state index < -0.39 is 0 Å². The summed E-state index contributed by atoms with van der Waals surface area (Å²) < 4.78 is 13.0. The van der Waals surface area contributed by atoms with Crippen molar-refractivity contribution in [2.45, 2.75) is 18.7 Å². The van der Waals surface area contributed by atoms with Crippen LogP contribution in [-0.4, -0.2) is 13.6 Å². The summed E-state index contributed by atoms with van der Waals surface area (Å²) in [4.78, 5) is 2.18. The fourth-order valence-electron chi connectivity index (χ4n) is 1.82. The van der Waals surface area contributed by atoms with Gasteiger partial charge in [-0.05, 0) is 42.5 Å². The van der Waals surface area contributed by atoms with Crippen LogP contribution in [0.5, 0.6) is 0 Å². The van der Waals surface area contributed by atoms with Crippen LogP contribution >= 0.6 is 11.6 Å². The molecule has 0 radical (unpaired) electrons. The van der Waals surface area contributed by atoms with Crippen LogP contribution in [0.25, 0.3) is 0 Å². The monoisotopic (exact) mass is 227 g/mol. The lowest BCUT2D eigenvalue weighted by molar-refractivity contribution is 0.626. The Hall–Kier alpha value is -0.760. The largest absolute Gasteiger partial charge is 0.374 e. The van der Waals surface area contributed by atoms with Crippen molar-refractivity contribution in [3.63, 3.8) is 0 Å². The zero-order valence-corrected chi connectivity index (χ0v) is 9.60. The summed E-state index contributed by atoms with van der Waals surface area (Å²) in [6.45, 7) is 1.05. The van der Waals surface area contributed by atoms with Crippen molar-refractivity contribution < 1.29 is 4.39 Å². The van der Waals surface area contributed by atoms with Crippen LogP contribution in [0.4, 0.5) is 10.1 Å². The molecule has 1 saturated carbocycles. The summed E-state index contributed by atoms with van der Waals surface area (Å²) in [6, 6.07) is 4.83. The fraction of sp³-hybridized carbons (Fsp3) is 0.500. The smallest absolute Gasteiger partial charge is 0.123 e. The molecule has 1 aliphatic carbocycles. The van der Waals surface area contributed by atoms with E-state index in [2.05, 4.69) is 4.90 Å². The molecule has 0 bridgehead atoms. The Labute approximate surface area is 94.8 Å². The van der Waals surface area contributed by atoms with Gasteiger partial charge >= 0.3 is 0 Å². The van der Waals surface area contributed by atoms with Crippen LogP contribution in [0, 0.1) is 11.7 Å². The first-order chi connectivity index (χ1) is 7.20. The summed E-state index contributed by atoms with van der Waals surface area (Å²) >= 11 is 5.81. The molecule has 3 heteroatoms. The van der Waals surface area contributed by atoms with Crippen LogP contribution in [0.3, 0.4) is 0 Å². The van der Waals surface area contributed by atoms with Crippen molar-refractivity contribution >= 4 is 17.3 Å². The molecule has 0 atom stereocenters. The topological polar surface area (TPSA) is 3.24 Å². The first-order valence-electron chi connectivity index (χ1n) is 5.26. The molecular formula is C12H15ClFN. The van der Waals surface area contributed by atoms with E-state index in [0.717, 1.165) is 23.7 Å². The molecule has 1 fully saturated rings. The molecule has 0 unspecified atom stereocenters. The molecule has 0 N–H and O–H groups in total. The zero-order valence-electron chi connectivity index (χ0n) is 8.84. The first kappa shape index (κ1) is 10.7. The van der Waals surface area contributed by atoms with E-state index in [9.17, 15) is 4.39 Å². The highest BCUT2D eigenvalue weighted by Gasteiger charge is 2.23. The Morgan fingerprint density at radius 1 is 1.47 bits per heavy atom. The molecule has 0 aliphatic heterocycles. The van der Waals surface area contributed by atoms with E-state index in [1.807, 2.05) is 13.1 Å². The van der Waals surface area contributed by atoms with E-state index in [1.165, 1.54) is 25.0 Å². The predicted octanol–water partition coefficient (Wildman–Crippen LogP) is 3.41. The number of nitrogens with zero attached hydrogens (tertiary/aromatic N) is 1. The van der Waals surface area contributed by atoms with Crippen molar-refractivity contribution in [2.24, 2.45) is 5.92 Å². The summed E-state index contributed by atoms with van der Waals surface area (Å²) in [6.07, 6.45) is 2.64. The summed E-state index contributed by atoms with van der Waals surface area (Å²) in [7, 11) is 2.04. The second-order valence-corrected chi connectivity index (χ2v) is 4.50. The van der Waals surface area contributed by atoms with Gasteiger partial charge in [-0.15, -0.1) is 11.6 Å². The Morgan fingerprint density at radius 2 is 2.20 bits per heavy atom. The van der Waals surface area contributed by atoms with Gasteiger partial charge in [0, 0.05) is 25.2 Å². The number of hydrogen-bond acceptors (Lipinski definition) is 1. The van der Waals surface area contributed by atoms with Gasteiger partial charge in [0.05, 0.1) is 0 Å². The molecule has 0 saturated heterocycles. The molecule has 15 heavy (non-hydrogen) atoms. The highest BCUT2D eigenvalue weighted by molar-refractivity contribution is 6.17. The zero-order chi connectivity index (χ0) is 10.8. The molecule has 82 valence electrons. The normalized spacial score (nSPS) is 15.4. The van der Waals surface area contributed by atoms with Crippen LogP contribution in [0.2, 0.25) is 0 Å². The lowest BCUT2D eigenvalue weighted by atomic mass is 10.1. The van der Waals surface area contributed by atoms with Gasteiger partial charge in [-0.2, -0.15) is 0 Å². The lowest BCUT2D eigenvalue weighted by Gasteiger charge is -2.21. The minimum absolute atomic E-state index is 0.214. The van der Waals surface area contributed by atoms with Gasteiger partial charge in [0.25, 0.3) is 0 Å². The van der Waals surface area contributed by atoms with Crippen molar-refractivity contribution in [3.05, 3.63) is 29.6 Å². The quantitative estimate of drug-likeness (QED) is 0.713. The highest BCUT2D eigenvalue weighted by atomic mass is 35.5. The van der Waals surface area contributed by atoms with Crippen LogP contribution in [0.15, 0.2) is 18.2 Å². The van der Waals surface area contributed by atoms with E-state index in [0.29, 0.717) is 5.88 Å². The maximum Gasteiger partial charge on any atom is 0.123 e. The first-order valence-corrected chi connectivity index (χ1v) is 5.79. The Kier molecular flexibility index (Phi) is 3.15. The van der Waals surface area contributed by atoms with Gasteiger partial charge in [0.1, 0.15) is 5.82 Å². The average molecular weight is 228 g/mol. The van der Waals surface area contributed by atoms with Crippen molar-refractivity contribution in [1.82, 2.24) is 0 Å². The van der Waals surface area contributed by atoms with Crippen molar-refractivity contribution in [3.8, 4) is 0 Å². The average Bonchev–Trinajstić information content (AvgIpc) is 3.01. The third-order valence-corrected chi connectivity index (χ3v) is 3.11. The molecule has 1 aromatic rings. The van der Waals surface area contributed by atoms with E-state index >= 15 is 0 Å². The Balaban J connectivity index is 2.17. The second-order valence-electron chi connectivity index (χ2n) is 4.23. The van der Waals surface area contributed by atoms with Crippen molar-refractivity contribution in [1.29, 1.82) is 0 Å². The van der Waals surface area contributed by atoms with Gasteiger partial charge in [-0.3, -0.25) is 0 Å². The predicted molar refractivity (Wildman–Crippen MR) is 62.0 cm³/mol. The number of halogens is 2. The standard InChI is InChI=1S/C12H15ClFN/c1-15(8-9-2-3-9)12-5-4-11(14)6-10(12)7-13/h4-6,9H,2-3,7-8H2,1H3. The number of rotatable bonds is 4. The maximum absolute atomic E-state index is 13.0. The summed E-state index contributed by atoms with van der Waals surface area (Å²) in [5.74, 6) is 0.972. The molecule has 0 amide bonds. The second kappa shape index (κ2) is 4.40. The number of alkyl halides is 1. The minimum Gasteiger partial charge on any atom is -0.374 e. The summed E-state index contributed by atoms with van der Waals surface area (Å²) in [5.41, 5.74) is 1.93. The molecule has 0 heterocycles. The number of benzene rings is 1. The van der Waals surface area contributed by atoms with Crippen LogP contribution in [-0.2, 0) is 5.88 Å². The Bertz CT molecular complexity index is 349. The third kappa shape index (κ3) is 2.63. The molecular weight excluding hydrogens is 213 g/mol. The maximum atomic E-state index is 13.0. The molecule has 0 spiro atoms. The summed E-state index contributed by atoms with van der Waals surface area (Å²) in [5, 5.41) is 0. The molecule has 1 nitrogen and oxygen atoms in total. The van der Waals surface area contributed by atoms with Gasteiger partial charge in [-0.1, -0.05) is 0 Å². The van der Waals surface area contributed by atoms with Crippen molar-refractivity contribution in [2.75, 3.05) is 18.5 Å². The number of anilines is 1. The third-order valence-electron chi connectivity index (χ3n) is 2.83. The number of hydrogen-bond donors (Lipinski definition) is 0.